The van der Waals surface area contributed by atoms with E-state index in [4.69, 9.17) is 0 Å². The van der Waals surface area contributed by atoms with E-state index in [1.165, 1.54) is 17.7 Å². The molecule has 0 aliphatic rings. The number of carbonyl (C=O) groups is 2. The van der Waals surface area contributed by atoms with Crippen molar-refractivity contribution >= 4 is 11.8 Å². The molecule has 0 aliphatic carbocycles. The van der Waals surface area contributed by atoms with Gasteiger partial charge in [0.1, 0.15) is 11.9 Å². The number of rotatable bonds is 7. The maximum atomic E-state index is 13.2. The molecule has 0 heterocycles. The van der Waals surface area contributed by atoms with Gasteiger partial charge in [0.25, 0.3) is 0 Å². The highest BCUT2D eigenvalue weighted by atomic mass is 19.1. The maximum Gasteiger partial charge on any atom is 0.242 e. The smallest absolute Gasteiger partial charge is 0.242 e. The highest BCUT2D eigenvalue weighted by Crippen LogP contribution is 2.15. The second-order valence-corrected chi connectivity index (χ2v) is 7.58. The van der Waals surface area contributed by atoms with Crippen molar-refractivity contribution in [2.75, 3.05) is 0 Å². The first-order valence-electron chi connectivity index (χ1n) is 9.57. The zero-order valence-electron chi connectivity index (χ0n) is 17.3. The summed E-state index contributed by atoms with van der Waals surface area (Å²) in [4.78, 5) is 27.2. The van der Waals surface area contributed by atoms with E-state index in [1.807, 2.05) is 45.9 Å². The number of aryl methyl sites for hydroxylation is 2. The Balaban J connectivity index is 2.24. The van der Waals surface area contributed by atoms with E-state index >= 15 is 0 Å². The van der Waals surface area contributed by atoms with E-state index in [-0.39, 0.29) is 36.6 Å². The monoisotopic (exact) mass is 384 g/mol. The summed E-state index contributed by atoms with van der Waals surface area (Å²) in [5.74, 6) is -0.674. The van der Waals surface area contributed by atoms with Crippen molar-refractivity contribution in [1.29, 1.82) is 0 Å². The first kappa shape index (κ1) is 21.6. The van der Waals surface area contributed by atoms with Gasteiger partial charge in [0, 0.05) is 12.6 Å². The third kappa shape index (κ3) is 5.91. The van der Waals surface area contributed by atoms with E-state index in [0.717, 1.165) is 16.7 Å². The van der Waals surface area contributed by atoms with Crippen LogP contribution in [0.15, 0.2) is 42.5 Å². The van der Waals surface area contributed by atoms with Crippen molar-refractivity contribution in [2.45, 2.75) is 59.7 Å². The van der Waals surface area contributed by atoms with E-state index in [2.05, 4.69) is 5.32 Å². The van der Waals surface area contributed by atoms with Gasteiger partial charge in [0.15, 0.2) is 0 Å². The highest BCUT2D eigenvalue weighted by Gasteiger charge is 2.26. The van der Waals surface area contributed by atoms with Crippen molar-refractivity contribution < 1.29 is 14.0 Å². The molecule has 0 aromatic heterocycles. The number of hydrogen-bond donors (Lipinski definition) is 1. The quantitative estimate of drug-likeness (QED) is 0.786. The molecule has 0 saturated carbocycles. The molecule has 150 valence electrons. The number of hydrogen-bond acceptors (Lipinski definition) is 2. The Labute approximate surface area is 166 Å². The van der Waals surface area contributed by atoms with Crippen LogP contribution in [0.1, 0.15) is 43.0 Å². The number of halogens is 1. The third-order valence-electron chi connectivity index (χ3n) is 4.79. The van der Waals surface area contributed by atoms with Crippen molar-refractivity contribution in [3.05, 3.63) is 70.5 Å². The van der Waals surface area contributed by atoms with Crippen LogP contribution in [-0.4, -0.2) is 28.8 Å². The topological polar surface area (TPSA) is 49.4 Å². The van der Waals surface area contributed by atoms with Crippen LogP contribution in [0.2, 0.25) is 0 Å². The van der Waals surface area contributed by atoms with Gasteiger partial charge in [-0.05, 0) is 69.0 Å². The van der Waals surface area contributed by atoms with E-state index < -0.39 is 6.04 Å². The summed E-state index contributed by atoms with van der Waals surface area (Å²) in [5, 5.41) is 2.86. The van der Waals surface area contributed by atoms with Gasteiger partial charge in [0.2, 0.25) is 11.8 Å². The zero-order chi connectivity index (χ0) is 20.8. The number of carbonyl (C=O) groups excluding carboxylic acids is 2. The zero-order valence-corrected chi connectivity index (χ0v) is 17.3. The van der Waals surface area contributed by atoms with Crippen LogP contribution < -0.4 is 5.32 Å². The summed E-state index contributed by atoms with van der Waals surface area (Å²) < 4.78 is 13.2. The van der Waals surface area contributed by atoms with E-state index in [1.54, 1.807) is 24.0 Å². The Hall–Kier alpha value is -2.69. The molecular formula is C23H29FN2O2. The minimum atomic E-state index is -0.633. The molecule has 0 saturated heterocycles. The molecule has 2 rings (SSSR count). The SMILES string of the molecule is Cc1ccc(CC(=O)N(Cc2ccc(F)cc2)[C@@H](C)C(=O)NC(C)C)cc1C. The Morgan fingerprint density at radius 1 is 0.964 bits per heavy atom. The van der Waals surface area contributed by atoms with Crippen molar-refractivity contribution in [1.82, 2.24) is 10.2 Å². The summed E-state index contributed by atoms with van der Waals surface area (Å²) >= 11 is 0. The number of benzene rings is 2. The molecule has 5 heteroatoms. The molecule has 2 aromatic rings. The molecule has 0 fully saturated rings. The first-order chi connectivity index (χ1) is 13.2. The molecule has 0 unspecified atom stereocenters. The van der Waals surface area contributed by atoms with Crippen LogP contribution in [0.25, 0.3) is 0 Å². The fourth-order valence-electron chi connectivity index (χ4n) is 2.96. The lowest BCUT2D eigenvalue weighted by Gasteiger charge is -2.29. The second-order valence-electron chi connectivity index (χ2n) is 7.58. The summed E-state index contributed by atoms with van der Waals surface area (Å²) in [6.07, 6.45) is 0.210. The molecule has 0 aliphatic heterocycles. The minimum Gasteiger partial charge on any atom is -0.352 e. The van der Waals surface area contributed by atoms with Crippen molar-refractivity contribution in [3.8, 4) is 0 Å². The molecule has 0 radical (unpaired) electrons. The molecular weight excluding hydrogens is 355 g/mol. The van der Waals surface area contributed by atoms with Gasteiger partial charge in [-0.2, -0.15) is 0 Å². The second kappa shape index (κ2) is 9.49. The summed E-state index contributed by atoms with van der Waals surface area (Å²) in [5.41, 5.74) is 3.98. The molecule has 1 N–H and O–H groups in total. The van der Waals surface area contributed by atoms with Gasteiger partial charge in [-0.25, -0.2) is 4.39 Å². The standard InChI is InChI=1S/C23H29FN2O2/c1-15(2)25-23(28)18(5)26(14-19-8-10-21(24)11-9-19)22(27)13-20-7-6-16(3)17(4)12-20/h6-12,15,18H,13-14H2,1-5H3,(H,25,28)/t18-/m0/s1. The van der Waals surface area contributed by atoms with Crippen LogP contribution in [0.5, 0.6) is 0 Å². The van der Waals surface area contributed by atoms with E-state index in [0.29, 0.717) is 0 Å². The van der Waals surface area contributed by atoms with Crippen LogP contribution >= 0.6 is 0 Å². The molecule has 0 bridgehead atoms. The van der Waals surface area contributed by atoms with Crippen molar-refractivity contribution in [2.24, 2.45) is 0 Å². The van der Waals surface area contributed by atoms with Gasteiger partial charge < -0.3 is 10.2 Å². The average Bonchev–Trinajstić information content (AvgIpc) is 2.63. The van der Waals surface area contributed by atoms with Crippen LogP contribution in [-0.2, 0) is 22.6 Å². The summed E-state index contributed by atoms with van der Waals surface area (Å²) in [6.45, 7) is 9.77. The maximum absolute atomic E-state index is 13.2. The van der Waals surface area contributed by atoms with Crippen LogP contribution in [0, 0.1) is 19.7 Å². The van der Waals surface area contributed by atoms with Gasteiger partial charge in [-0.15, -0.1) is 0 Å². The molecule has 2 amide bonds. The average molecular weight is 384 g/mol. The lowest BCUT2D eigenvalue weighted by atomic mass is 10.0. The highest BCUT2D eigenvalue weighted by molar-refractivity contribution is 5.88. The third-order valence-corrected chi connectivity index (χ3v) is 4.79. The first-order valence-corrected chi connectivity index (χ1v) is 9.57. The molecule has 4 nitrogen and oxygen atoms in total. The molecule has 0 spiro atoms. The van der Waals surface area contributed by atoms with Gasteiger partial charge >= 0.3 is 0 Å². The fraction of sp³-hybridized carbons (Fsp3) is 0.391. The van der Waals surface area contributed by atoms with Gasteiger partial charge in [-0.3, -0.25) is 9.59 Å². The Morgan fingerprint density at radius 2 is 1.57 bits per heavy atom. The van der Waals surface area contributed by atoms with Gasteiger partial charge in [0.05, 0.1) is 6.42 Å². The largest absolute Gasteiger partial charge is 0.352 e. The Morgan fingerprint density at radius 3 is 2.14 bits per heavy atom. The molecule has 28 heavy (non-hydrogen) atoms. The predicted octanol–water partition coefficient (Wildman–Crippen LogP) is 3.93. The van der Waals surface area contributed by atoms with E-state index in [9.17, 15) is 14.0 Å². The normalized spacial score (nSPS) is 12.0. The molecule has 1 atom stereocenters. The summed E-state index contributed by atoms with van der Waals surface area (Å²) in [7, 11) is 0. The van der Waals surface area contributed by atoms with Crippen LogP contribution in [0.4, 0.5) is 4.39 Å². The molecule has 2 aromatic carbocycles. The van der Waals surface area contributed by atoms with Crippen LogP contribution in [0.3, 0.4) is 0 Å². The predicted molar refractivity (Wildman–Crippen MR) is 109 cm³/mol. The summed E-state index contributed by atoms with van der Waals surface area (Å²) in [6, 6.07) is 11.3. The Bertz CT molecular complexity index is 831. The lowest BCUT2D eigenvalue weighted by molar-refractivity contribution is -0.140. The Kier molecular flexibility index (Phi) is 7.32. The lowest BCUT2D eigenvalue weighted by Crippen LogP contribution is -2.49. The number of nitrogens with zero attached hydrogens (tertiary/aromatic N) is 1. The van der Waals surface area contributed by atoms with Crippen molar-refractivity contribution in [3.63, 3.8) is 0 Å². The van der Waals surface area contributed by atoms with Gasteiger partial charge in [-0.1, -0.05) is 30.3 Å². The number of nitrogens with one attached hydrogen (secondary N) is 1. The minimum absolute atomic E-state index is 0.0162. The number of amides is 2. The fourth-order valence-corrected chi connectivity index (χ4v) is 2.96.